The first-order chi connectivity index (χ1) is 16.2. The van der Waals surface area contributed by atoms with E-state index in [-0.39, 0.29) is 50.2 Å². The summed E-state index contributed by atoms with van der Waals surface area (Å²) in [6.07, 6.45) is -4.64. The molecule has 1 fully saturated rings. The van der Waals surface area contributed by atoms with Crippen molar-refractivity contribution in [1.29, 1.82) is 0 Å². The van der Waals surface area contributed by atoms with Crippen LogP contribution in [0.2, 0.25) is 0 Å². The number of carbonyl (C=O) groups excluding carboxylic acids is 3. The second-order valence-corrected chi connectivity index (χ2v) is 7.36. The van der Waals surface area contributed by atoms with Crippen LogP contribution in [0.25, 0.3) is 0 Å². The summed E-state index contributed by atoms with van der Waals surface area (Å²) in [6.45, 7) is 0.166. The molecule has 0 radical (unpaired) electrons. The number of methoxy groups -OCH3 is 2. The summed E-state index contributed by atoms with van der Waals surface area (Å²) in [5.74, 6) is -1.14. The minimum atomic E-state index is -4.64. The van der Waals surface area contributed by atoms with Crippen LogP contribution in [0.4, 0.5) is 13.2 Å². The molecule has 2 aromatic rings. The molecule has 2 amide bonds. The van der Waals surface area contributed by atoms with E-state index in [1.165, 1.54) is 54.4 Å². The predicted molar refractivity (Wildman–Crippen MR) is 114 cm³/mol. The monoisotopic (exact) mass is 480 g/mol. The van der Waals surface area contributed by atoms with Crippen molar-refractivity contribution in [2.75, 3.05) is 47.0 Å². The molecule has 3 rings (SSSR count). The number of hydrogen-bond acceptors (Lipinski definition) is 6. The topological polar surface area (TPSA) is 85.4 Å². The van der Waals surface area contributed by atoms with E-state index >= 15 is 0 Å². The van der Waals surface area contributed by atoms with E-state index in [0.717, 1.165) is 12.1 Å². The van der Waals surface area contributed by atoms with Crippen LogP contribution in [0.3, 0.4) is 0 Å². The Balaban J connectivity index is 1.66. The second-order valence-electron chi connectivity index (χ2n) is 7.36. The fourth-order valence-corrected chi connectivity index (χ4v) is 3.50. The second kappa shape index (κ2) is 10.4. The van der Waals surface area contributed by atoms with Gasteiger partial charge in [-0.05, 0) is 30.3 Å². The number of nitrogens with zero attached hydrogens (tertiary/aromatic N) is 2. The molecular formula is C23H23F3N2O6. The van der Waals surface area contributed by atoms with Crippen LogP contribution in [0.15, 0.2) is 42.5 Å². The van der Waals surface area contributed by atoms with Gasteiger partial charge in [0.05, 0.1) is 25.3 Å². The van der Waals surface area contributed by atoms with Crippen LogP contribution in [0, 0.1) is 0 Å². The zero-order valence-corrected chi connectivity index (χ0v) is 18.6. The van der Waals surface area contributed by atoms with Crippen LogP contribution >= 0.6 is 0 Å². The first kappa shape index (κ1) is 24.9. The van der Waals surface area contributed by atoms with Crippen molar-refractivity contribution in [3.63, 3.8) is 0 Å². The Bertz CT molecular complexity index is 1060. The lowest BCUT2D eigenvalue weighted by atomic mass is 10.1. The molecule has 0 spiro atoms. The molecule has 2 aromatic carbocycles. The highest BCUT2D eigenvalue weighted by molar-refractivity contribution is 5.97. The van der Waals surface area contributed by atoms with Crippen LogP contribution in [0.5, 0.6) is 11.5 Å². The average Bonchev–Trinajstić information content (AvgIpc) is 2.85. The van der Waals surface area contributed by atoms with Gasteiger partial charge in [0.2, 0.25) is 0 Å². The molecular weight excluding hydrogens is 457 g/mol. The predicted octanol–water partition coefficient (Wildman–Crippen LogP) is 2.86. The van der Waals surface area contributed by atoms with E-state index in [2.05, 4.69) is 4.74 Å². The molecule has 0 aliphatic carbocycles. The molecule has 11 heteroatoms. The largest absolute Gasteiger partial charge is 0.493 e. The number of rotatable bonds is 6. The van der Waals surface area contributed by atoms with Crippen molar-refractivity contribution in [2.24, 2.45) is 0 Å². The first-order valence-electron chi connectivity index (χ1n) is 10.3. The smallest absolute Gasteiger partial charge is 0.417 e. The van der Waals surface area contributed by atoms with E-state index < -0.39 is 29.2 Å². The molecule has 8 nitrogen and oxygen atoms in total. The zero-order valence-electron chi connectivity index (χ0n) is 18.6. The summed E-state index contributed by atoms with van der Waals surface area (Å²) in [4.78, 5) is 39.7. The maximum Gasteiger partial charge on any atom is 0.417 e. The molecule has 0 unspecified atom stereocenters. The van der Waals surface area contributed by atoms with Crippen molar-refractivity contribution in [2.45, 2.75) is 6.18 Å². The summed E-state index contributed by atoms with van der Waals surface area (Å²) in [6, 6.07) is 9.10. The number of carbonyl (C=O) groups is 3. The number of halogens is 3. The Morgan fingerprint density at radius 2 is 1.50 bits per heavy atom. The Hall–Kier alpha value is -3.76. The molecule has 182 valence electrons. The van der Waals surface area contributed by atoms with Crippen LogP contribution in [-0.2, 0) is 15.7 Å². The molecule has 0 bridgehead atoms. The van der Waals surface area contributed by atoms with Crippen molar-refractivity contribution in [1.82, 2.24) is 9.80 Å². The van der Waals surface area contributed by atoms with Crippen LogP contribution < -0.4 is 9.47 Å². The van der Waals surface area contributed by atoms with Crippen LogP contribution in [0.1, 0.15) is 26.3 Å². The minimum Gasteiger partial charge on any atom is -0.493 e. The van der Waals surface area contributed by atoms with Gasteiger partial charge < -0.3 is 24.0 Å². The summed E-state index contributed by atoms with van der Waals surface area (Å²) in [7, 11) is 2.62. The van der Waals surface area contributed by atoms with E-state index in [0.29, 0.717) is 5.56 Å². The number of alkyl halides is 3. The highest BCUT2D eigenvalue weighted by Gasteiger charge is 2.36. The van der Waals surface area contributed by atoms with Crippen molar-refractivity contribution >= 4 is 17.8 Å². The Kier molecular flexibility index (Phi) is 7.64. The average molecular weight is 480 g/mol. The van der Waals surface area contributed by atoms with Gasteiger partial charge in [-0.15, -0.1) is 0 Å². The molecule has 0 saturated carbocycles. The quantitative estimate of drug-likeness (QED) is 0.592. The SMILES string of the molecule is COC(=O)COc1ccc(C(=O)N2CCN(C(=O)c3ccccc3C(F)(F)F)CC2)cc1OC. The first-order valence-corrected chi connectivity index (χ1v) is 10.3. The number of benzene rings is 2. The Morgan fingerprint density at radius 3 is 2.09 bits per heavy atom. The van der Waals surface area contributed by atoms with Crippen molar-refractivity contribution < 1.29 is 41.8 Å². The lowest BCUT2D eigenvalue weighted by molar-refractivity contribution is -0.143. The van der Waals surface area contributed by atoms with Gasteiger partial charge in [-0.2, -0.15) is 13.2 Å². The van der Waals surface area contributed by atoms with Gasteiger partial charge >= 0.3 is 12.1 Å². The highest BCUT2D eigenvalue weighted by atomic mass is 19.4. The molecule has 1 saturated heterocycles. The molecule has 1 heterocycles. The molecule has 1 aliphatic heterocycles. The third-order valence-corrected chi connectivity index (χ3v) is 5.30. The van der Waals surface area contributed by atoms with Crippen molar-refractivity contribution in [3.8, 4) is 11.5 Å². The Morgan fingerprint density at radius 1 is 0.882 bits per heavy atom. The summed E-state index contributed by atoms with van der Waals surface area (Å²) < 4.78 is 54.9. The molecule has 0 atom stereocenters. The van der Waals surface area contributed by atoms with Gasteiger partial charge in [0.15, 0.2) is 18.1 Å². The lowest BCUT2D eigenvalue weighted by Crippen LogP contribution is -2.50. The van der Waals surface area contributed by atoms with Gasteiger partial charge in [-0.1, -0.05) is 12.1 Å². The number of amides is 2. The van der Waals surface area contributed by atoms with Gasteiger partial charge in [0, 0.05) is 31.7 Å². The van der Waals surface area contributed by atoms with E-state index in [1.807, 2.05) is 0 Å². The van der Waals surface area contributed by atoms with E-state index in [9.17, 15) is 27.6 Å². The number of hydrogen-bond donors (Lipinski definition) is 0. The van der Waals surface area contributed by atoms with Gasteiger partial charge in [-0.3, -0.25) is 9.59 Å². The molecule has 1 aliphatic rings. The van der Waals surface area contributed by atoms with Crippen molar-refractivity contribution in [3.05, 3.63) is 59.2 Å². The highest BCUT2D eigenvalue weighted by Crippen LogP contribution is 2.33. The standard InChI is InChI=1S/C23H23F3N2O6/c1-32-19-13-15(7-8-18(19)34-14-20(29)33-2)21(30)27-9-11-28(12-10-27)22(31)16-5-3-4-6-17(16)23(24,25)26/h3-8,13H,9-12,14H2,1-2H3. The minimum absolute atomic E-state index is 0.0915. The number of esters is 1. The zero-order chi connectivity index (χ0) is 24.9. The van der Waals surface area contributed by atoms with E-state index in [1.54, 1.807) is 0 Å². The summed E-state index contributed by atoms with van der Waals surface area (Å²) in [5.41, 5.74) is -1.10. The third kappa shape index (κ3) is 5.59. The van der Waals surface area contributed by atoms with Gasteiger partial charge in [-0.25, -0.2) is 4.79 Å². The fourth-order valence-electron chi connectivity index (χ4n) is 3.50. The number of piperazine rings is 1. The van der Waals surface area contributed by atoms with Gasteiger partial charge in [0.25, 0.3) is 11.8 Å². The summed E-state index contributed by atoms with van der Waals surface area (Å²) >= 11 is 0. The maximum absolute atomic E-state index is 13.3. The fraction of sp³-hybridized carbons (Fsp3) is 0.348. The number of ether oxygens (including phenoxy) is 3. The summed E-state index contributed by atoms with van der Waals surface area (Å²) in [5, 5.41) is 0. The normalized spacial score (nSPS) is 13.9. The maximum atomic E-state index is 13.3. The van der Waals surface area contributed by atoms with Gasteiger partial charge in [0.1, 0.15) is 0 Å². The molecule has 0 N–H and O–H groups in total. The Labute approximate surface area is 193 Å². The third-order valence-electron chi connectivity index (χ3n) is 5.30. The lowest BCUT2D eigenvalue weighted by Gasteiger charge is -2.35. The van der Waals surface area contributed by atoms with E-state index in [4.69, 9.17) is 9.47 Å². The molecule has 0 aromatic heterocycles. The van der Waals surface area contributed by atoms with Crippen LogP contribution in [-0.4, -0.2) is 74.6 Å². The molecule has 34 heavy (non-hydrogen) atoms.